The van der Waals surface area contributed by atoms with Gasteiger partial charge in [0.15, 0.2) is 0 Å². The molecule has 0 atom stereocenters. The highest BCUT2D eigenvalue weighted by molar-refractivity contribution is 4.54. The monoisotopic (exact) mass is 189 g/mol. The number of hydrogen-bond acceptors (Lipinski definition) is 4. The van der Waals surface area contributed by atoms with Gasteiger partial charge in [0.1, 0.15) is 0 Å². The van der Waals surface area contributed by atoms with Gasteiger partial charge in [-0.15, -0.1) is 5.01 Å². The minimum absolute atomic E-state index is 0.00653. The van der Waals surface area contributed by atoms with Crippen molar-refractivity contribution in [1.82, 2.24) is 5.01 Å². The Labute approximate surface area is 77.2 Å². The summed E-state index contributed by atoms with van der Waals surface area (Å²) in [5.41, 5.74) is 0. The molecule has 0 saturated carbocycles. The van der Waals surface area contributed by atoms with Gasteiger partial charge in [0, 0.05) is 7.11 Å². The molecule has 0 aliphatic carbocycles. The van der Waals surface area contributed by atoms with Crippen molar-refractivity contribution in [2.45, 2.75) is 19.3 Å². The molecule has 13 heavy (non-hydrogen) atoms. The van der Waals surface area contributed by atoms with Gasteiger partial charge in [0.25, 0.3) is 0 Å². The lowest BCUT2D eigenvalue weighted by atomic mass is 10.2. The van der Waals surface area contributed by atoms with E-state index in [1.807, 2.05) is 0 Å². The van der Waals surface area contributed by atoms with E-state index in [4.69, 9.17) is 0 Å². The quantitative estimate of drug-likeness (QED) is 0.216. The Hall–Kier alpha value is -1.04. The second-order valence-electron chi connectivity index (χ2n) is 2.88. The standard InChI is InChI=1S/C7H15N3O3/c1-12-7-13-8-10(11)9-5-3-2-4-6-9/h2-7H2,1H3/b10-8-. The predicted octanol–water partition coefficient (Wildman–Crippen LogP) is 0.885. The number of nitrogens with zero attached hydrogens (tertiary/aromatic N) is 3. The first-order valence-corrected chi connectivity index (χ1v) is 4.38. The summed E-state index contributed by atoms with van der Waals surface area (Å²) in [6, 6.07) is 0. The average Bonchev–Trinajstić information content (AvgIpc) is 2.19. The van der Waals surface area contributed by atoms with Crippen LogP contribution >= 0.6 is 0 Å². The van der Waals surface area contributed by atoms with Crippen LogP contribution in [0, 0.1) is 5.21 Å². The lowest BCUT2D eigenvalue weighted by Crippen LogP contribution is -2.35. The molecule has 0 amide bonds. The summed E-state index contributed by atoms with van der Waals surface area (Å²) in [5.74, 6) is 0. The topological polar surface area (TPSA) is 60.1 Å². The highest BCUT2D eigenvalue weighted by Crippen LogP contribution is 2.08. The molecule has 6 nitrogen and oxygen atoms in total. The zero-order chi connectivity index (χ0) is 9.52. The summed E-state index contributed by atoms with van der Waals surface area (Å²) >= 11 is 0. The van der Waals surface area contributed by atoms with Gasteiger partial charge in [-0.1, -0.05) is 0 Å². The zero-order valence-corrected chi connectivity index (χ0v) is 7.81. The number of ether oxygens (including phenoxy) is 1. The van der Waals surface area contributed by atoms with Crippen LogP contribution in [0.2, 0.25) is 0 Å². The van der Waals surface area contributed by atoms with Crippen LogP contribution in [-0.2, 0) is 9.57 Å². The van der Waals surface area contributed by atoms with Gasteiger partial charge in [-0.05, 0) is 19.3 Å². The van der Waals surface area contributed by atoms with Crippen LogP contribution in [0.4, 0.5) is 0 Å². The smallest absolute Gasteiger partial charge is 0.235 e. The van der Waals surface area contributed by atoms with Gasteiger partial charge in [-0.25, -0.2) is 0 Å². The Morgan fingerprint density at radius 3 is 2.69 bits per heavy atom. The second kappa shape index (κ2) is 5.58. The van der Waals surface area contributed by atoms with E-state index in [1.165, 1.54) is 13.5 Å². The first kappa shape index (κ1) is 10.0. The molecule has 1 aliphatic heterocycles. The average molecular weight is 189 g/mol. The van der Waals surface area contributed by atoms with Crippen LogP contribution in [0.3, 0.4) is 0 Å². The molecule has 6 heteroatoms. The number of piperidine rings is 1. The van der Waals surface area contributed by atoms with Crippen LogP contribution in [0.5, 0.6) is 0 Å². The normalized spacial score (nSPS) is 18.8. The zero-order valence-electron chi connectivity index (χ0n) is 7.81. The minimum Gasteiger partial charge on any atom is -0.569 e. The van der Waals surface area contributed by atoms with E-state index in [1.54, 1.807) is 5.01 Å². The molecule has 0 radical (unpaired) electrons. The molecule has 76 valence electrons. The van der Waals surface area contributed by atoms with Crippen molar-refractivity contribution >= 4 is 0 Å². The predicted molar refractivity (Wildman–Crippen MR) is 44.4 cm³/mol. The maximum Gasteiger partial charge on any atom is 0.235 e. The molecular weight excluding hydrogens is 174 g/mol. The molecule has 0 bridgehead atoms. The number of methoxy groups -OCH3 is 1. The van der Waals surface area contributed by atoms with Crippen LogP contribution in [0.15, 0.2) is 5.28 Å². The van der Waals surface area contributed by atoms with Crippen molar-refractivity contribution in [3.63, 3.8) is 0 Å². The Morgan fingerprint density at radius 1 is 1.38 bits per heavy atom. The number of hydrogen-bond donors (Lipinski definition) is 0. The molecule has 0 aromatic heterocycles. The van der Waals surface area contributed by atoms with E-state index in [9.17, 15) is 5.21 Å². The summed E-state index contributed by atoms with van der Waals surface area (Å²) in [5, 5.41) is 16.1. The van der Waals surface area contributed by atoms with Gasteiger partial charge in [-0.3, -0.25) is 0 Å². The van der Waals surface area contributed by atoms with Crippen LogP contribution in [-0.4, -0.2) is 37.0 Å². The van der Waals surface area contributed by atoms with Gasteiger partial charge in [0.05, 0.1) is 18.1 Å². The van der Waals surface area contributed by atoms with Gasteiger partial charge >= 0.3 is 0 Å². The summed E-state index contributed by atoms with van der Waals surface area (Å²) in [7, 11) is 1.48. The maximum atomic E-state index is 11.2. The van der Waals surface area contributed by atoms with Crippen LogP contribution in [0.25, 0.3) is 0 Å². The Balaban J connectivity index is 2.27. The van der Waals surface area contributed by atoms with Crippen LogP contribution in [0.1, 0.15) is 19.3 Å². The molecule has 0 N–H and O–H groups in total. The summed E-state index contributed by atoms with van der Waals surface area (Å²) in [6.45, 7) is 1.51. The molecule has 0 unspecified atom stereocenters. The van der Waals surface area contributed by atoms with Gasteiger partial charge in [0.2, 0.25) is 12.1 Å². The Bertz CT molecular complexity index is 168. The Kier molecular flexibility index (Phi) is 4.31. The number of hydrazine groups is 1. The van der Waals surface area contributed by atoms with E-state index in [0.717, 1.165) is 25.9 Å². The fourth-order valence-corrected chi connectivity index (χ4v) is 1.23. The lowest BCUT2D eigenvalue weighted by molar-refractivity contribution is -0.713. The molecular formula is C7H15N3O3. The number of rotatable bonds is 4. The van der Waals surface area contributed by atoms with Crippen LogP contribution < -0.4 is 0 Å². The van der Waals surface area contributed by atoms with Crippen molar-refractivity contribution in [1.29, 1.82) is 0 Å². The van der Waals surface area contributed by atoms with Crippen molar-refractivity contribution in [3.8, 4) is 0 Å². The molecule has 1 heterocycles. The third kappa shape index (κ3) is 3.45. The fraction of sp³-hybridized carbons (Fsp3) is 1.00. The highest BCUT2D eigenvalue weighted by Gasteiger charge is 2.16. The maximum absolute atomic E-state index is 11.2. The lowest BCUT2D eigenvalue weighted by Gasteiger charge is -2.21. The Morgan fingerprint density at radius 2 is 2.08 bits per heavy atom. The van der Waals surface area contributed by atoms with E-state index >= 15 is 0 Å². The third-order valence-corrected chi connectivity index (χ3v) is 1.87. The fourth-order valence-electron chi connectivity index (χ4n) is 1.23. The van der Waals surface area contributed by atoms with E-state index < -0.39 is 0 Å². The first-order valence-electron chi connectivity index (χ1n) is 4.38. The van der Waals surface area contributed by atoms with E-state index in [-0.39, 0.29) is 6.79 Å². The summed E-state index contributed by atoms with van der Waals surface area (Å²) in [4.78, 5) is 5.07. The summed E-state index contributed by atoms with van der Waals surface area (Å²) < 4.78 is 4.58. The van der Waals surface area contributed by atoms with Crippen molar-refractivity contribution in [2.75, 3.05) is 27.0 Å². The molecule has 1 aliphatic rings. The largest absolute Gasteiger partial charge is 0.569 e. The SMILES string of the molecule is COCO/N=[N+](\[O-])N1CCCCC1. The minimum atomic E-state index is 0.00653. The van der Waals surface area contributed by atoms with Crippen molar-refractivity contribution < 1.29 is 14.5 Å². The van der Waals surface area contributed by atoms with E-state index in [2.05, 4.69) is 14.9 Å². The third-order valence-electron chi connectivity index (χ3n) is 1.87. The second-order valence-corrected chi connectivity index (χ2v) is 2.88. The van der Waals surface area contributed by atoms with E-state index in [0.29, 0.717) is 4.97 Å². The summed E-state index contributed by atoms with van der Waals surface area (Å²) in [6.07, 6.45) is 3.26. The van der Waals surface area contributed by atoms with Crippen molar-refractivity contribution in [2.24, 2.45) is 5.28 Å². The molecule has 1 saturated heterocycles. The molecule has 0 aromatic rings. The molecule has 1 fully saturated rings. The van der Waals surface area contributed by atoms with Gasteiger partial charge < -0.3 is 14.8 Å². The first-order chi connectivity index (χ1) is 6.34. The highest BCUT2D eigenvalue weighted by atomic mass is 16.8. The van der Waals surface area contributed by atoms with Crippen molar-refractivity contribution in [3.05, 3.63) is 5.21 Å². The van der Waals surface area contributed by atoms with Gasteiger partial charge in [-0.2, -0.15) is 0 Å². The molecule has 1 rings (SSSR count). The molecule has 0 spiro atoms. The molecule has 0 aromatic carbocycles.